The summed E-state index contributed by atoms with van der Waals surface area (Å²) in [4.78, 5) is 14.9. The summed E-state index contributed by atoms with van der Waals surface area (Å²) in [5, 5.41) is 4.67. The minimum atomic E-state index is 0.195. The van der Waals surface area contributed by atoms with E-state index in [4.69, 9.17) is 9.47 Å². The highest BCUT2D eigenvalue weighted by molar-refractivity contribution is 5.77. The Morgan fingerprint density at radius 2 is 1.79 bits per heavy atom. The zero-order chi connectivity index (χ0) is 21.1. The van der Waals surface area contributed by atoms with Gasteiger partial charge in [-0.2, -0.15) is 5.10 Å². The van der Waals surface area contributed by atoms with Crippen LogP contribution in [-0.2, 0) is 30.7 Å². The van der Waals surface area contributed by atoms with Crippen molar-refractivity contribution in [3.8, 4) is 11.5 Å². The predicted molar refractivity (Wildman–Crippen MR) is 114 cm³/mol. The molecule has 0 radical (unpaired) electrons. The summed E-state index contributed by atoms with van der Waals surface area (Å²) in [5.74, 6) is 2.20. The van der Waals surface area contributed by atoms with Gasteiger partial charge in [-0.25, -0.2) is 0 Å². The average Bonchev–Trinajstić information content (AvgIpc) is 2.96. The number of aromatic nitrogens is 2. The fourth-order valence-electron chi connectivity index (χ4n) is 4.11. The van der Waals surface area contributed by atoms with Gasteiger partial charge in [-0.15, -0.1) is 0 Å². The number of benzene rings is 1. The smallest absolute Gasteiger partial charge is 0.223 e. The SMILES string of the molecule is COc1cc2c(cc1OC)CN(C(=O)CCc1c(C)nn(CC(C)C)c1C)CC2. The van der Waals surface area contributed by atoms with Crippen molar-refractivity contribution < 1.29 is 14.3 Å². The third-order valence-electron chi connectivity index (χ3n) is 5.73. The molecule has 0 aliphatic carbocycles. The second-order valence-electron chi connectivity index (χ2n) is 8.27. The van der Waals surface area contributed by atoms with Crippen molar-refractivity contribution in [2.45, 2.75) is 60.0 Å². The van der Waals surface area contributed by atoms with Gasteiger partial charge in [0.25, 0.3) is 0 Å². The van der Waals surface area contributed by atoms with Crippen LogP contribution in [0.5, 0.6) is 11.5 Å². The maximum Gasteiger partial charge on any atom is 0.223 e. The van der Waals surface area contributed by atoms with Crippen molar-refractivity contribution in [1.82, 2.24) is 14.7 Å². The fraction of sp³-hybridized carbons (Fsp3) is 0.565. The highest BCUT2D eigenvalue weighted by Gasteiger charge is 2.23. The second-order valence-corrected chi connectivity index (χ2v) is 8.27. The molecule has 29 heavy (non-hydrogen) atoms. The molecule has 1 aromatic carbocycles. The van der Waals surface area contributed by atoms with Gasteiger partial charge < -0.3 is 14.4 Å². The first-order valence-corrected chi connectivity index (χ1v) is 10.4. The predicted octanol–water partition coefficient (Wildman–Crippen LogP) is 3.69. The van der Waals surface area contributed by atoms with Crippen molar-refractivity contribution in [3.05, 3.63) is 40.2 Å². The molecule has 1 amide bonds. The van der Waals surface area contributed by atoms with Crippen LogP contribution in [0.4, 0.5) is 0 Å². The number of methoxy groups -OCH3 is 2. The molecular formula is C23H33N3O3. The molecule has 0 N–H and O–H groups in total. The number of fused-ring (bicyclic) bond motifs is 1. The summed E-state index contributed by atoms with van der Waals surface area (Å²) >= 11 is 0. The fourth-order valence-corrected chi connectivity index (χ4v) is 4.11. The van der Waals surface area contributed by atoms with Crippen LogP contribution in [0, 0.1) is 19.8 Å². The molecule has 6 heteroatoms. The molecule has 2 aromatic rings. The third-order valence-corrected chi connectivity index (χ3v) is 5.73. The number of rotatable bonds is 7. The summed E-state index contributed by atoms with van der Waals surface area (Å²) in [6.45, 7) is 10.8. The Bertz CT molecular complexity index is 886. The van der Waals surface area contributed by atoms with Crippen molar-refractivity contribution in [3.63, 3.8) is 0 Å². The maximum atomic E-state index is 12.9. The highest BCUT2D eigenvalue weighted by atomic mass is 16.5. The molecule has 1 aliphatic rings. The molecule has 0 fully saturated rings. The normalized spacial score (nSPS) is 13.6. The van der Waals surface area contributed by atoms with Crippen LogP contribution < -0.4 is 9.47 Å². The van der Waals surface area contributed by atoms with Crippen molar-refractivity contribution in [1.29, 1.82) is 0 Å². The first-order valence-electron chi connectivity index (χ1n) is 10.4. The van der Waals surface area contributed by atoms with Crippen LogP contribution in [0.25, 0.3) is 0 Å². The molecule has 0 spiro atoms. The zero-order valence-corrected chi connectivity index (χ0v) is 18.5. The lowest BCUT2D eigenvalue weighted by molar-refractivity contribution is -0.132. The van der Waals surface area contributed by atoms with E-state index in [-0.39, 0.29) is 5.91 Å². The quantitative estimate of drug-likeness (QED) is 0.713. The first-order chi connectivity index (χ1) is 13.8. The molecule has 0 unspecified atom stereocenters. The molecule has 3 rings (SSSR count). The Balaban J connectivity index is 1.67. The Hall–Kier alpha value is -2.50. The summed E-state index contributed by atoms with van der Waals surface area (Å²) in [5.41, 5.74) is 5.80. The minimum Gasteiger partial charge on any atom is -0.493 e. The van der Waals surface area contributed by atoms with E-state index >= 15 is 0 Å². The number of nitrogens with zero attached hydrogens (tertiary/aromatic N) is 3. The van der Waals surface area contributed by atoms with Gasteiger partial charge in [0.2, 0.25) is 5.91 Å². The van der Waals surface area contributed by atoms with Gasteiger partial charge in [-0.3, -0.25) is 9.48 Å². The lowest BCUT2D eigenvalue weighted by Crippen LogP contribution is -2.36. The van der Waals surface area contributed by atoms with E-state index in [1.807, 2.05) is 24.0 Å². The highest BCUT2D eigenvalue weighted by Crippen LogP contribution is 2.33. The lowest BCUT2D eigenvalue weighted by atomic mass is 9.98. The summed E-state index contributed by atoms with van der Waals surface area (Å²) in [7, 11) is 3.29. The Morgan fingerprint density at radius 1 is 1.14 bits per heavy atom. The molecule has 0 atom stereocenters. The monoisotopic (exact) mass is 399 g/mol. The van der Waals surface area contributed by atoms with E-state index in [2.05, 4.69) is 30.6 Å². The van der Waals surface area contributed by atoms with Gasteiger partial charge in [0.1, 0.15) is 0 Å². The third kappa shape index (κ3) is 4.57. The van der Waals surface area contributed by atoms with Crippen LogP contribution in [0.15, 0.2) is 12.1 Å². The van der Waals surface area contributed by atoms with E-state index in [1.54, 1.807) is 14.2 Å². The molecule has 0 saturated heterocycles. The Morgan fingerprint density at radius 3 is 2.41 bits per heavy atom. The molecule has 0 bridgehead atoms. The number of aryl methyl sites for hydroxylation is 1. The number of carbonyl (C=O) groups is 1. The van der Waals surface area contributed by atoms with Gasteiger partial charge >= 0.3 is 0 Å². The lowest BCUT2D eigenvalue weighted by Gasteiger charge is -2.29. The van der Waals surface area contributed by atoms with Crippen LogP contribution in [-0.4, -0.2) is 41.4 Å². The number of hydrogen-bond donors (Lipinski definition) is 0. The topological polar surface area (TPSA) is 56.6 Å². The van der Waals surface area contributed by atoms with Crippen LogP contribution in [0.3, 0.4) is 0 Å². The van der Waals surface area contributed by atoms with Crippen molar-refractivity contribution in [2.75, 3.05) is 20.8 Å². The van der Waals surface area contributed by atoms with Gasteiger partial charge in [0, 0.05) is 31.7 Å². The number of carbonyl (C=O) groups excluding carboxylic acids is 1. The van der Waals surface area contributed by atoms with Gasteiger partial charge in [0.15, 0.2) is 11.5 Å². The number of amides is 1. The molecule has 1 aromatic heterocycles. The molecular weight excluding hydrogens is 366 g/mol. The van der Waals surface area contributed by atoms with E-state index in [9.17, 15) is 4.79 Å². The summed E-state index contributed by atoms with van der Waals surface area (Å²) in [6.07, 6.45) is 2.09. The zero-order valence-electron chi connectivity index (χ0n) is 18.5. The Labute approximate surface area is 173 Å². The van der Waals surface area contributed by atoms with E-state index in [1.165, 1.54) is 16.8 Å². The van der Waals surface area contributed by atoms with Crippen molar-refractivity contribution in [2.24, 2.45) is 5.92 Å². The molecule has 6 nitrogen and oxygen atoms in total. The summed E-state index contributed by atoms with van der Waals surface area (Å²) < 4.78 is 12.9. The molecule has 158 valence electrons. The van der Waals surface area contributed by atoms with Crippen LogP contribution in [0.1, 0.15) is 48.3 Å². The van der Waals surface area contributed by atoms with Gasteiger partial charge in [-0.1, -0.05) is 13.8 Å². The molecule has 1 aliphatic heterocycles. The molecule has 2 heterocycles. The number of hydrogen-bond acceptors (Lipinski definition) is 4. The van der Waals surface area contributed by atoms with Crippen LogP contribution in [0.2, 0.25) is 0 Å². The number of ether oxygens (including phenoxy) is 2. The van der Waals surface area contributed by atoms with Crippen LogP contribution >= 0.6 is 0 Å². The van der Waals surface area contributed by atoms with Crippen molar-refractivity contribution >= 4 is 5.91 Å². The van der Waals surface area contributed by atoms with Gasteiger partial charge in [0.05, 0.1) is 19.9 Å². The summed E-state index contributed by atoms with van der Waals surface area (Å²) in [6, 6.07) is 4.03. The second kappa shape index (κ2) is 8.89. The van der Waals surface area contributed by atoms with Gasteiger partial charge in [-0.05, 0) is 61.4 Å². The van der Waals surface area contributed by atoms with E-state index in [0.29, 0.717) is 24.6 Å². The molecule has 0 saturated carbocycles. The average molecular weight is 400 g/mol. The standard InChI is InChI=1S/C23H33N3O3/c1-15(2)13-26-17(4)20(16(3)24-26)7-8-23(27)25-10-9-18-11-21(28-5)22(29-6)12-19(18)14-25/h11-12,15H,7-10,13-14H2,1-6H3. The first kappa shape index (κ1) is 21.2. The Kier molecular flexibility index (Phi) is 6.50. The van der Waals surface area contributed by atoms with E-state index in [0.717, 1.165) is 42.9 Å². The largest absolute Gasteiger partial charge is 0.493 e. The maximum absolute atomic E-state index is 12.9. The van der Waals surface area contributed by atoms with E-state index < -0.39 is 0 Å². The minimum absolute atomic E-state index is 0.195.